The predicted molar refractivity (Wildman–Crippen MR) is 58.5 cm³/mol. The normalized spacial score (nSPS) is 15.1. The van der Waals surface area contributed by atoms with Gasteiger partial charge in [-0.2, -0.15) is 0 Å². The SMILES string of the molecule is O=C1NCCN1C(=O)c1ccc(Br)c(F)c1. The van der Waals surface area contributed by atoms with Gasteiger partial charge in [0.2, 0.25) is 0 Å². The Balaban J connectivity index is 2.27. The number of hydrogen-bond acceptors (Lipinski definition) is 2. The highest BCUT2D eigenvalue weighted by molar-refractivity contribution is 9.10. The zero-order valence-electron chi connectivity index (χ0n) is 8.17. The molecule has 0 bridgehead atoms. The van der Waals surface area contributed by atoms with Gasteiger partial charge in [-0.25, -0.2) is 9.18 Å². The van der Waals surface area contributed by atoms with Crippen molar-refractivity contribution in [2.24, 2.45) is 0 Å². The molecule has 2 rings (SSSR count). The standard InChI is InChI=1S/C10H8BrFN2O2/c11-7-2-1-6(5-8(7)12)9(15)14-4-3-13-10(14)16/h1-2,5H,3-4H2,(H,13,16). The van der Waals surface area contributed by atoms with E-state index < -0.39 is 17.8 Å². The highest BCUT2D eigenvalue weighted by atomic mass is 79.9. The summed E-state index contributed by atoms with van der Waals surface area (Å²) in [6.45, 7) is 0.749. The monoisotopic (exact) mass is 286 g/mol. The Morgan fingerprint density at radius 3 is 2.81 bits per heavy atom. The lowest BCUT2D eigenvalue weighted by molar-refractivity contribution is 0.0829. The van der Waals surface area contributed by atoms with Crippen LogP contribution in [0.5, 0.6) is 0 Å². The van der Waals surface area contributed by atoms with Crippen molar-refractivity contribution >= 4 is 27.9 Å². The van der Waals surface area contributed by atoms with Crippen molar-refractivity contribution < 1.29 is 14.0 Å². The summed E-state index contributed by atoms with van der Waals surface area (Å²) in [7, 11) is 0. The molecule has 3 amide bonds. The number of carbonyl (C=O) groups is 2. The van der Waals surface area contributed by atoms with E-state index in [0.717, 1.165) is 11.0 Å². The molecule has 1 N–H and O–H groups in total. The Kier molecular flexibility index (Phi) is 2.91. The molecule has 0 aromatic heterocycles. The minimum atomic E-state index is -0.523. The molecular formula is C10H8BrFN2O2. The number of nitrogens with zero attached hydrogens (tertiary/aromatic N) is 1. The first-order chi connectivity index (χ1) is 7.59. The molecule has 84 valence electrons. The van der Waals surface area contributed by atoms with Gasteiger partial charge in [-0.3, -0.25) is 9.69 Å². The van der Waals surface area contributed by atoms with Crippen LogP contribution >= 0.6 is 15.9 Å². The van der Waals surface area contributed by atoms with Crippen LogP contribution in [0, 0.1) is 5.82 Å². The van der Waals surface area contributed by atoms with Crippen molar-refractivity contribution in [1.82, 2.24) is 10.2 Å². The quantitative estimate of drug-likeness (QED) is 0.855. The fourth-order valence-corrected chi connectivity index (χ4v) is 1.70. The second kappa shape index (κ2) is 4.21. The minimum Gasteiger partial charge on any atom is -0.336 e. The first kappa shape index (κ1) is 11.1. The van der Waals surface area contributed by atoms with Gasteiger partial charge < -0.3 is 5.32 Å². The lowest BCUT2D eigenvalue weighted by atomic mass is 10.2. The molecule has 0 aliphatic carbocycles. The van der Waals surface area contributed by atoms with Crippen LogP contribution in [0.4, 0.5) is 9.18 Å². The number of carbonyl (C=O) groups excluding carboxylic acids is 2. The van der Waals surface area contributed by atoms with E-state index in [4.69, 9.17) is 0 Å². The number of amides is 3. The third-order valence-electron chi connectivity index (χ3n) is 2.27. The number of halogens is 2. The molecular weight excluding hydrogens is 279 g/mol. The minimum absolute atomic E-state index is 0.165. The van der Waals surface area contributed by atoms with Crippen molar-refractivity contribution in [3.05, 3.63) is 34.1 Å². The van der Waals surface area contributed by atoms with E-state index in [-0.39, 0.29) is 10.0 Å². The summed E-state index contributed by atoms with van der Waals surface area (Å²) in [5.41, 5.74) is 0.165. The number of benzene rings is 1. The summed E-state index contributed by atoms with van der Waals surface area (Å²) in [6.07, 6.45) is 0. The van der Waals surface area contributed by atoms with E-state index in [1.165, 1.54) is 12.1 Å². The van der Waals surface area contributed by atoms with Gasteiger partial charge in [0.25, 0.3) is 5.91 Å². The lowest BCUT2D eigenvalue weighted by Crippen LogP contribution is -2.34. The highest BCUT2D eigenvalue weighted by Crippen LogP contribution is 2.17. The van der Waals surface area contributed by atoms with Gasteiger partial charge in [0.15, 0.2) is 0 Å². The van der Waals surface area contributed by atoms with Gasteiger partial charge in [-0.05, 0) is 34.1 Å². The maximum Gasteiger partial charge on any atom is 0.324 e. The molecule has 1 saturated heterocycles. The molecule has 1 heterocycles. The summed E-state index contributed by atoms with van der Waals surface area (Å²) in [5.74, 6) is -1.01. The van der Waals surface area contributed by atoms with E-state index in [9.17, 15) is 14.0 Å². The van der Waals surface area contributed by atoms with Gasteiger partial charge in [-0.1, -0.05) is 0 Å². The van der Waals surface area contributed by atoms with Gasteiger partial charge in [0.1, 0.15) is 5.82 Å². The Morgan fingerprint density at radius 2 is 2.25 bits per heavy atom. The first-order valence-corrected chi connectivity index (χ1v) is 5.43. The third-order valence-corrected chi connectivity index (χ3v) is 2.91. The number of imide groups is 1. The van der Waals surface area contributed by atoms with Crippen LogP contribution < -0.4 is 5.32 Å². The Labute approximate surface area is 99.6 Å². The van der Waals surface area contributed by atoms with Crippen LogP contribution in [0.3, 0.4) is 0 Å². The largest absolute Gasteiger partial charge is 0.336 e. The average molecular weight is 287 g/mol. The fraction of sp³-hybridized carbons (Fsp3) is 0.200. The summed E-state index contributed by atoms with van der Waals surface area (Å²) < 4.78 is 13.5. The topological polar surface area (TPSA) is 49.4 Å². The molecule has 0 atom stereocenters. The molecule has 4 nitrogen and oxygen atoms in total. The van der Waals surface area contributed by atoms with Crippen LogP contribution in [0.2, 0.25) is 0 Å². The van der Waals surface area contributed by atoms with Crippen LogP contribution in [-0.2, 0) is 0 Å². The first-order valence-electron chi connectivity index (χ1n) is 4.64. The predicted octanol–water partition coefficient (Wildman–Crippen LogP) is 1.75. The highest BCUT2D eigenvalue weighted by Gasteiger charge is 2.27. The van der Waals surface area contributed by atoms with Crippen LogP contribution in [0.25, 0.3) is 0 Å². The summed E-state index contributed by atoms with van der Waals surface area (Å²) in [5, 5.41) is 2.51. The van der Waals surface area contributed by atoms with Crippen LogP contribution in [0.1, 0.15) is 10.4 Å². The molecule has 1 aliphatic rings. The maximum atomic E-state index is 13.2. The molecule has 6 heteroatoms. The van der Waals surface area contributed by atoms with E-state index in [1.54, 1.807) is 0 Å². The van der Waals surface area contributed by atoms with E-state index in [1.807, 2.05) is 0 Å². The molecule has 0 unspecified atom stereocenters. The van der Waals surface area contributed by atoms with Crippen molar-refractivity contribution in [3.63, 3.8) is 0 Å². The Morgan fingerprint density at radius 1 is 1.50 bits per heavy atom. The molecule has 1 fully saturated rings. The average Bonchev–Trinajstić information content (AvgIpc) is 2.67. The number of rotatable bonds is 1. The molecule has 1 aromatic rings. The summed E-state index contributed by atoms with van der Waals surface area (Å²) in [6, 6.07) is 3.59. The van der Waals surface area contributed by atoms with E-state index >= 15 is 0 Å². The lowest BCUT2D eigenvalue weighted by Gasteiger charge is -2.12. The molecule has 1 aromatic carbocycles. The Hall–Kier alpha value is -1.43. The second-order valence-electron chi connectivity index (χ2n) is 3.32. The molecule has 1 aliphatic heterocycles. The third kappa shape index (κ3) is 1.92. The van der Waals surface area contributed by atoms with Crippen LogP contribution in [0.15, 0.2) is 22.7 Å². The number of nitrogens with one attached hydrogen (secondary N) is 1. The van der Waals surface area contributed by atoms with E-state index in [2.05, 4.69) is 21.2 Å². The fourth-order valence-electron chi connectivity index (χ4n) is 1.45. The van der Waals surface area contributed by atoms with E-state index in [0.29, 0.717) is 13.1 Å². The van der Waals surface area contributed by atoms with Crippen molar-refractivity contribution in [2.45, 2.75) is 0 Å². The Bertz CT molecular complexity index is 464. The van der Waals surface area contributed by atoms with Gasteiger partial charge in [-0.15, -0.1) is 0 Å². The molecule has 0 radical (unpaired) electrons. The molecule has 16 heavy (non-hydrogen) atoms. The summed E-state index contributed by atoms with van der Waals surface area (Å²) in [4.78, 5) is 24.1. The smallest absolute Gasteiger partial charge is 0.324 e. The van der Waals surface area contributed by atoms with Gasteiger partial charge in [0, 0.05) is 18.7 Å². The molecule has 0 spiro atoms. The second-order valence-corrected chi connectivity index (χ2v) is 4.17. The summed E-state index contributed by atoms with van der Waals surface area (Å²) >= 11 is 2.99. The van der Waals surface area contributed by atoms with Crippen molar-refractivity contribution in [2.75, 3.05) is 13.1 Å². The molecule has 0 saturated carbocycles. The maximum absolute atomic E-state index is 13.2. The van der Waals surface area contributed by atoms with Crippen molar-refractivity contribution in [1.29, 1.82) is 0 Å². The van der Waals surface area contributed by atoms with Gasteiger partial charge in [0.05, 0.1) is 4.47 Å². The van der Waals surface area contributed by atoms with Crippen molar-refractivity contribution in [3.8, 4) is 0 Å². The zero-order chi connectivity index (χ0) is 11.7. The number of urea groups is 1. The van der Waals surface area contributed by atoms with Crippen LogP contribution in [-0.4, -0.2) is 29.9 Å². The number of hydrogen-bond donors (Lipinski definition) is 1. The van der Waals surface area contributed by atoms with Gasteiger partial charge >= 0.3 is 6.03 Å². The zero-order valence-corrected chi connectivity index (χ0v) is 9.75.